The predicted molar refractivity (Wildman–Crippen MR) is 139 cm³/mol. The summed E-state index contributed by atoms with van der Waals surface area (Å²) in [5.74, 6) is -0.658. The molecule has 4 aromatic rings. The van der Waals surface area contributed by atoms with Crippen LogP contribution in [0, 0.1) is 5.82 Å². The van der Waals surface area contributed by atoms with Gasteiger partial charge in [0.15, 0.2) is 20.4 Å². The van der Waals surface area contributed by atoms with E-state index in [1.54, 1.807) is 18.2 Å². The summed E-state index contributed by atoms with van der Waals surface area (Å²) in [6, 6.07) is 14.0. The number of rotatable bonds is 7. The smallest absolute Gasteiger partial charge is 0.192 e. The van der Waals surface area contributed by atoms with Crippen molar-refractivity contribution in [1.82, 2.24) is 14.9 Å². The third kappa shape index (κ3) is 5.73. The molecule has 2 atom stereocenters. The van der Waals surface area contributed by atoms with Crippen LogP contribution in [-0.2, 0) is 27.6 Å². The van der Waals surface area contributed by atoms with Crippen LogP contribution >= 0.6 is 11.6 Å². The lowest BCUT2D eigenvalue weighted by Crippen LogP contribution is -2.42. The topological polar surface area (TPSA) is 108 Å². The summed E-state index contributed by atoms with van der Waals surface area (Å²) in [6.07, 6.45) is 0.953. The molecule has 7 nitrogen and oxygen atoms in total. The van der Waals surface area contributed by atoms with Gasteiger partial charge in [-0.2, -0.15) is 0 Å². The molecule has 190 valence electrons. The van der Waals surface area contributed by atoms with Crippen molar-refractivity contribution < 1.29 is 21.9 Å². The molecule has 0 amide bonds. The van der Waals surface area contributed by atoms with E-state index in [0.29, 0.717) is 27.4 Å². The second-order valence-electron chi connectivity index (χ2n) is 9.36. The molecule has 2 aromatic heterocycles. The minimum absolute atomic E-state index is 0.0599. The molecule has 0 saturated carbocycles. The molecule has 2 unspecified atom stereocenters. The first kappa shape index (κ1) is 26.6. The molecule has 0 aliphatic heterocycles. The van der Waals surface area contributed by atoms with Gasteiger partial charge >= 0.3 is 0 Å². The highest BCUT2D eigenvalue weighted by Crippen LogP contribution is 2.36. The predicted octanol–water partition coefficient (Wildman–Crippen LogP) is 5.42. The number of halogens is 2. The van der Waals surface area contributed by atoms with Crippen LogP contribution < -0.4 is 4.72 Å². The molecule has 0 bridgehead atoms. The van der Waals surface area contributed by atoms with Gasteiger partial charge < -0.3 is 9.08 Å². The van der Waals surface area contributed by atoms with E-state index < -0.39 is 37.8 Å². The van der Waals surface area contributed by atoms with Gasteiger partial charge in [-0.15, -0.1) is 4.72 Å². The molecule has 4 rings (SSSR count). The van der Waals surface area contributed by atoms with Gasteiger partial charge in [-0.05, 0) is 50.6 Å². The summed E-state index contributed by atoms with van der Waals surface area (Å²) in [6.45, 7) is 5.45. The number of hydrogen-bond acceptors (Lipinski definition) is 7. The summed E-state index contributed by atoms with van der Waals surface area (Å²) in [5, 5.41) is 5.24. The molecule has 0 aliphatic carbocycles. The highest BCUT2D eigenvalue weighted by Gasteiger charge is 2.32. The van der Waals surface area contributed by atoms with Crippen molar-refractivity contribution in [3.63, 3.8) is 0 Å². The molecule has 1 N–H and O–H groups in total. The molecule has 2 heterocycles. The SMILES string of the molecule is CC(C)(C)[S+]([O-])NC(Cc1nc(S(C)(=O)=O)ccc1F)c1ccccc1-c1noc2cc(Cl)ccc12. The van der Waals surface area contributed by atoms with Gasteiger partial charge in [0, 0.05) is 46.1 Å². The monoisotopic (exact) mass is 549 g/mol. The molecular weight excluding hydrogens is 525 g/mol. The van der Waals surface area contributed by atoms with E-state index in [9.17, 15) is 17.4 Å². The third-order valence-electron chi connectivity index (χ3n) is 5.50. The Morgan fingerprint density at radius 2 is 1.89 bits per heavy atom. The summed E-state index contributed by atoms with van der Waals surface area (Å²) in [5.41, 5.74) is 2.34. The average molecular weight is 550 g/mol. The standard InChI is InChI=1S/C25H25ClFN3O4S2/c1-25(2,3)35(31)30-20(14-21-19(27)11-12-23(28-21)36(4,32)33)16-7-5-6-8-17(16)24-18-10-9-15(26)13-22(18)34-29-24/h5-13,20,30H,14H2,1-4H3. The van der Waals surface area contributed by atoms with Gasteiger partial charge in [0.1, 0.15) is 16.3 Å². The molecule has 2 aromatic carbocycles. The van der Waals surface area contributed by atoms with E-state index >= 15 is 0 Å². The lowest BCUT2D eigenvalue weighted by Gasteiger charge is -2.29. The largest absolute Gasteiger partial charge is 0.598 e. The lowest BCUT2D eigenvalue weighted by atomic mass is 9.94. The number of sulfone groups is 1. The maximum Gasteiger partial charge on any atom is 0.192 e. The average Bonchev–Trinajstić information content (AvgIpc) is 3.21. The Morgan fingerprint density at radius 1 is 1.17 bits per heavy atom. The Bertz CT molecular complexity index is 1520. The summed E-state index contributed by atoms with van der Waals surface area (Å²) < 4.78 is 60.0. The first-order chi connectivity index (χ1) is 16.8. The lowest BCUT2D eigenvalue weighted by molar-refractivity contribution is 0.459. The maximum absolute atomic E-state index is 14.8. The van der Waals surface area contributed by atoms with Gasteiger partial charge in [0.25, 0.3) is 0 Å². The normalized spacial score (nSPS) is 14.2. The van der Waals surface area contributed by atoms with E-state index in [4.69, 9.17) is 16.1 Å². The fraction of sp³-hybridized carbons (Fsp3) is 0.280. The van der Waals surface area contributed by atoms with Crippen LogP contribution in [0.15, 0.2) is 64.1 Å². The summed E-state index contributed by atoms with van der Waals surface area (Å²) in [4.78, 5) is 4.08. The molecule has 0 radical (unpaired) electrons. The highest BCUT2D eigenvalue weighted by molar-refractivity contribution is 7.91. The minimum atomic E-state index is -3.65. The molecule has 11 heteroatoms. The van der Waals surface area contributed by atoms with E-state index in [0.717, 1.165) is 23.8 Å². The zero-order valence-electron chi connectivity index (χ0n) is 20.1. The van der Waals surface area contributed by atoms with Crippen molar-refractivity contribution in [2.45, 2.75) is 43.0 Å². The zero-order valence-corrected chi connectivity index (χ0v) is 22.5. The van der Waals surface area contributed by atoms with Crippen molar-refractivity contribution in [2.24, 2.45) is 0 Å². The van der Waals surface area contributed by atoms with E-state index in [-0.39, 0.29) is 17.1 Å². The number of fused-ring (bicyclic) bond motifs is 1. The van der Waals surface area contributed by atoms with Gasteiger partial charge in [-0.3, -0.25) is 0 Å². The van der Waals surface area contributed by atoms with Gasteiger partial charge in [0.2, 0.25) is 0 Å². The van der Waals surface area contributed by atoms with Crippen molar-refractivity contribution >= 4 is 43.8 Å². The van der Waals surface area contributed by atoms with Gasteiger partial charge in [-0.25, -0.2) is 17.8 Å². The van der Waals surface area contributed by atoms with Crippen molar-refractivity contribution in [3.8, 4) is 11.3 Å². The Kier molecular flexibility index (Phi) is 7.45. The van der Waals surface area contributed by atoms with Crippen LogP contribution in [0.5, 0.6) is 0 Å². The van der Waals surface area contributed by atoms with Gasteiger partial charge in [0.05, 0.1) is 11.7 Å². The second kappa shape index (κ2) is 10.1. The number of nitrogens with zero attached hydrogens (tertiary/aromatic N) is 2. The summed E-state index contributed by atoms with van der Waals surface area (Å²) >= 11 is 4.55. The fourth-order valence-corrected chi connectivity index (χ4v) is 5.23. The number of nitrogens with one attached hydrogen (secondary N) is 1. The van der Waals surface area contributed by atoms with Crippen LogP contribution in [0.1, 0.15) is 38.1 Å². The Hall–Kier alpha value is -2.50. The number of aromatic nitrogens is 2. The Labute approximate surface area is 217 Å². The molecule has 36 heavy (non-hydrogen) atoms. The molecule has 0 fully saturated rings. The number of hydrogen-bond donors (Lipinski definition) is 1. The molecule has 0 aliphatic rings. The molecule has 0 spiro atoms. The van der Waals surface area contributed by atoms with E-state index in [2.05, 4.69) is 14.9 Å². The van der Waals surface area contributed by atoms with Crippen molar-refractivity contribution in [3.05, 3.63) is 76.7 Å². The van der Waals surface area contributed by atoms with E-state index in [1.165, 1.54) is 0 Å². The first-order valence-electron chi connectivity index (χ1n) is 11.0. The van der Waals surface area contributed by atoms with Gasteiger partial charge in [-0.1, -0.05) is 41.0 Å². The van der Waals surface area contributed by atoms with Crippen LogP contribution in [0.3, 0.4) is 0 Å². The minimum Gasteiger partial charge on any atom is -0.598 e. The third-order valence-corrected chi connectivity index (χ3v) is 8.33. The van der Waals surface area contributed by atoms with E-state index in [1.807, 2.05) is 45.0 Å². The molecule has 0 saturated heterocycles. The van der Waals surface area contributed by atoms with Crippen LogP contribution in [0.4, 0.5) is 4.39 Å². The quantitative estimate of drug-likeness (QED) is 0.306. The fourth-order valence-electron chi connectivity index (χ4n) is 3.65. The second-order valence-corrected chi connectivity index (χ2v) is 13.8. The Morgan fingerprint density at radius 3 is 2.58 bits per heavy atom. The van der Waals surface area contributed by atoms with Crippen LogP contribution in [0.25, 0.3) is 22.2 Å². The Balaban J connectivity index is 1.84. The summed E-state index contributed by atoms with van der Waals surface area (Å²) in [7, 11) is -3.65. The van der Waals surface area contributed by atoms with Crippen molar-refractivity contribution in [2.75, 3.05) is 6.26 Å². The van der Waals surface area contributed by atoms with Crippen LogP contribution in [0.2, 0.25) is 5.02 Å². The number of pyridine rings is 1. The highest BCUT2D eigenvalue weighted by atomic mass is 35.5. The van der Waals surface area contributed by atoms with Crippen LogP contribution in [-0.4, -0.2) is 34.1 Å². The van der Waals surface area contributed by atoms with Crippen molar-refractivity contribution in [1.29, 1.82) is 0 Å². The molecular formula is C25H25ClFN3O4S2. The first-order valence-corrected chi connectivity index (χ1v) is 14.4. The number of benzene rings is 2. The zero-order chi connectivity index (χ0) is 26.3. The maximum atomic E-state index is 14.8.